The SMILES string of the molecule is C[C@]12Oc3ccc(Cl)cc3[C@H](NC(=S)N1c1ccc(Cl)cc1)[C@@H]2C(=O)Nc1ccc(Cl)cc1. The summed E-state index contributed by atoms with van der Waals surface area (Å²) in [5.74, 6) is -0.276. The maximum absolute atomic E-state index is 13.7. The highest BCUT2D eigenvalue weighted by atomic mass is 35.5. The first-order valence-electron chi connectivity index (χ1n) is 10.2. The minimum atomic E-state index is -1.13. The molecule has 33 heavy (non-hydrogen) atoms. The van der Waals surface area contributed by atoms with Crippen molar-refractivity contribution in [1.29, 1.82) is 0 Å². The third kappa shape index (κ3) is 3.91. The Bertz CT molecular complexity index is 1250. The second-order valence-corrected chi connectivity index (χ2v) is 9.75. The number of nitrogens with zero attached hydrogens (tertiary/aromatic N) is 1. The number of benzene rings is 3. The van der Waals surface area contributed by atoms with Gasteiger partial charge in [-0.25, -0.2) is 0 Å². The molecule has 1 amide bonds. The van der Waals surface area contributed by atoms with Crippen molar-refractivity contribution >= 4 is 69.4 Å². The van der Waals surface area contributed by atoms with E-state index in [2.05, 4.69) is 10.6 Å². The van der Waals surface area contributed by atoms with Gasteiger partial charge in [-0.1, -0.05) is 34.8 Å². The van der Waals surface area contributed by atoms with Crippen molar-refractivity contribution in [3.63, 3.8) is 0 Å². The van der Waals surface area contributed by atoms with Crippen molar-refractivity contribution < 1.29 is 9.53 Å². The van der Waals surface area contributed by atoms with Crippen LogP contribution < -0.4 is 20.3 Å². The van der Waals surface area contributed by atoms with Crippen molar-refractivity contribution in [3.05, 3.63) is 87.4 Å². The lowest BCUT2D eigenvalue weighted by Crippen LogP contribution is -2.72. The summed E-state index contributed by atoms with van der Waals surface area (Å²) in [7, 11) is 0. The van der Waals surface area contributed by atoms with E-state index >= 15 is 0 Å². The van der Waals surface area contributed by atoms with Crippen molar-refractivity contribution in [2.24, 2.45) is 5.92 Å². The maximum Gasteiger partial charge on any atom is 0.236 e. The average Bonchev–Trinajstić information content (AvgIpc) is 2.77. The van der Waals surface area contributed by atoms with Gasteiger partial charge in [0.15, 0.2) is 10.8 Å². The molecule has 0 aliphatic carbocycles. The van der Waals surface area contributed by atoms with Gasteiger partial charge in [-0.3, -0.25) is 9.69 Å². The van der Waals surface area contributed by atoms with Crippen molar-refractivity contribution in [2.45, 2.75) is 18.7 Å². The predicted octanol–water partition coefficient (Wildman–Crippen LogP) is 6.45. The average molecular weight is 519 g/mol. The predicted molar refractivity (Wildman–Crippen MR) is 136 cm³/mol. The zero-order valence-electron chi connectivity index (χ0n) is 17.3. The van der Waals surface area contributed by atoms with Gasteiger partial charge in [-0.05, 0) is 85.9 Å². The lowest BCUT2D eigenvalue weighted by molar-refractivity contribution is -0.130. The fourth-order valence-corrected chi connectivity index (χ4v) is 5.33. The zero-order valence-corrected chi connectivity index (χ0v) is 20.4. The summed E-state index contributed by atoms with van der Waals surface area (Å²) in [4.78, 5) is 15.5. The third-order valence-corrected chi connectivity index (χ3v) is 6.98. The van der Waals surface area contributed by atoms with Gasteiger partial charge in [0.2, 0.25) is 5.91 Å². The number of nitrogens with one attached hydrogen (secondary N) is 2. The summed E-state index contributed by atoms with van der Waals surface area (Å²) in [6.45, 7) is 1.87. The van der Waals surface area contributed by atoms with E-state index in [1.54, 1.807) is 48.5 Å². The summed E-state index contributed by atoms with van der Waals surface area (Å²) in [6.07, 6.45) is 0. The van der Waals surface area contributed by atoms with Crippen LogP contribution in [0.3, 0.4) is 0 Å². The molecule has 0 spiro atoms. The summed E-state index contributed by atoms with van der Waals surface area (Å²) in [5, 5.41) is 8.51. The number of halogens is 3. The second kappa shape index (κ2) is 8.37. The van der Waals surface area contributed by atoms with Gasteiger partial charge in [0, 0.05) is 32.0 Å². The number of hydrogen-bond acceptors (Lipinski definition) is 3. The Balaban J connectivity index is 1.62. The van der Waals surface area contributed by atoms with E-state index < -0.39 is 17.7 Å². The second-order valence-electron chi connectivity index (χ2n) is 8.05. The quantitative estimate of drug-likeness (QED) is 0.391. The Morgan fingerprint density at radius 3 is 2.27 bits per heavy atom. The monoisotopic (exact) mass is 517 g/mol. The first-order chi connectivity index (χ1) is 15.8. The van der Waals surface area contributed by atoms with Gasteiger partial charge >= 0.3 is 0 Å². The number of rotatable bonds is 3. The molecule has 1 fully saturated rings. The van der Waals surface area contributed by atoms with Gasteiger partial charge in [0.25, 0.3) is 0 Å². The first kappa shape index (κ1) is 22.3. The topological polar surface area (TPSA) is 53.6 Å². The summed E-state index contributed by atoms with van der Waals surface area (Å²) in [5.41, 5.74) is 1.02. The van der Waals surface area contributed by atoms with Crippen molar-refractivity contribution in [3.8, 4) is 5.75 Å². The van der Waals surface area contributed by atoms with Crippen LogP contribution in [-0.4, -0.2) is 16.7 Å². The molecule has 0 saturated carbocycles. The number of anilines is 2. The van der Waals surface area contributed by atoms with Crippen molar-refractivity contribution in [1.82, 2.24) is 5.32 Å². The molecule has 9 heteroatoms. The number of amides is 1. The molecule has 2 N–H and O–H groups in total. The fraction of sp³-hybridized carbons (Fsp3) is 0.167. The first-order valence-corrected chi connectivity index (χ1v) is 11.7. The molecule has 2 aliphatic rings. The Labute approximate surface area is 211 Å². The van der Waals surface area contributed by atoms with E-state index in [4.69, 9.17) is 51.8 Å². The van der Waals surface area contributed by atoms with Crippen LogP contribution in [0.4, 0.5) is 11.4 Å². The van der Waals surface area contributed by atoms with Crippen LogP contribution in [0.25, 0.3) is 0 Å². The molecule has 0 unspecified atom stereocenters. The molecule has 0 radical (unpaired) electrons. The molecule has 2 bridgehead atoms. The van der Waals surface area contributed by atoms with E-state index in [0.717, 1.165) is 11.3 Å². The minimum absolute atomic E-state index is 0.232. The van der Waals surface area contributed by atoms with Crippen LogP contribution in [0, 0.1) is 5.92 Å². The zero-order chi connectivity index (χ0) is 23.3. The number of hydrogen-bond donors (Lipinski definition) is 2. The normalized spacial score (nSPS) is 23.3. The molecule has 3 aromatic rings. The molecule has 3 atom stereocenters. The molecule has 1 saturated heterocycles. The minimum Gasteiger partial charge on any atom is -0.467 e. The van der Waals surface area contributed by atoms with Gasteiger partial charge in [-0.2, -0.15) is 0 Å². The highest BCUT2D eigenvalue weighted by Gasteiger charge is 2.59. The fourth-order valence-electron chi connectivity index (χ4n) is 4.49. The van der Waals surface area contributed by atoms with E-state index in [0.29, 0.717) is 31.6 Å². The number of ether oxygens (including phenoxy) is 1. The highest BCUT2D eigenvalue weighted by molar-refractivity contribution is 7.80. The molecule has 0 aromatic heterocycles. The third-order valence-electron chi connectivity index (χ3n) is 5.94. The van der Waals surface area contributed by atoms with Crippen LogP contribution in [0.2, 0.25) is 15.1 Å². The Morgan fingerprint density at radius 1 is 1.00 bits per heavy atom. The Kier molecular flexibility index (Phi) is 5.65. The summed E-state index contributed by atoms with van der Waals surface area (Å²) in [6, 6.07) is 19.1. The van der Waals surface area contributed by atoms with Crippen molar-refractivity contribution in [2.75, 3.05) is 10.2 Å². The van der Waals surface area contributed by atoms with E-state index in [1.807, 2.05) is 30.0 Å². The van der Waals surface area contributed by atoms with Crippen LogP contribution in [0.5, 0.6) is 5.75 Å². The highest BCUT2D eigenvalue weighted by Crippen LogP contribution is 2.50. The Hall–Kier alpha value is -2.51. The molecule has 3 aromatic carbocycles. The number of carbonyl (C=O) groups is 1. The molecule has 5 rings (SSSR count). The molecular weight excluding hydrogens is 501 g/mol. The largest absolute Gasteiger partial charge is 0.467 e. The van der Waals surface area contributed by atoms with Gasteiger partial charge in [0.1, 0.15) is 11.7 Å². The summed E-state index contributed by atoms with van der Waals surface area (Å²) < 4.78 is 6.53. The van der Waals surface area contributed by atoms with Gasteiger partial charge in [-0.15, -0.1) is 0 Å². The number of thiocarbonyl (C=S) groups is 1. The maximum atomic E-state index is 13.7. The smallest absolute Gasteiger partial charge is 0.236 e. The molecular formula is C24H18Cl3N3O2S. The van der Waals surface area contributed by atoms with E-state index in [-0.39, 0.29) is 5.91 Å². The lowest BCUT2D eigenvalue weighted by atomic mass is 9.78. The van der Waals surface area contributed by atoms with Gasteiger partial charge in [0.05, 0.1) is 6.04 Å². The summed E-state index contributed by atoms with van der Waals surface area (Å²) >= 11 is 24.1. The van der Waals surface area contributed by atoms with Crippen LogP contribution >= 0.6 is 47.0 Å². The standard InChI is InChI=1S/C24H18Cl3N3O2S/c1-24-20(22(31)28-16-7-2-13(25)3-8-16)21(18-12-15(27)6-11-19(18)32-24)29-23(33)30(24)17-9-4-14(26)5-10-17/h2-12,20-21H,1H3,(H,28,31)(H,29,33)/t20-,21+,24-/m1/s1. The number of carbonyl (C=O) groups excluding carboxylic acids is 1. The van der Waals surface area contributed by atoms with Crippen LogP contribution in [0.1, 0.15) is 18.5 Å². The van der Waals surface area contributed by atoms with E-state index in [9.17, 15) is 4.79 Å². The van der Waals surface area contributed by atoms with Gasteiger partial charge < -0.3 is 15.4 Å². The molecule has 2 heterocycles. The number of fused-ring (bicyclic) bond motifs is 4. The van der Waals surface area contributed by atoms with Crippen LogP contribution in [-0.2, 0) is 4.79 Å². The molecule has 2 aliphatic heterocycles. The molecule has 5 nitrogen and oxygen atoms in total. The Morgan fingerprint density at radius 2 is 1.61 bits per heavy atom. The lowest BCUT2D eigenvalue weighted by Gasteiger charge is -2.56. The van der Waals surface area contributed by atoms with Crippen LogP contribution in [0.15, 0.2) is 66.7 Å². The van der Waals surface area contributed by atoms with E-state index in [1.165, 1.54) is 0 Å². The molecule has 168 valence electrons.